The Labute approximate surface area is 146 Å². The average Bonchev–Trinajstić information content (AvgIpc) is 2.55. The van der Waals surface area contributed by atoms with Crippen LogP contribution in [-0.4, -0.2) is 67.9 Å². The molecule has 2 aliphatic rings. The molecular weight excluding hydrogens is 306 g/mol. The number of rotatable bonds is 7. The molecule has 1 aliphatic carbocycles. The van der Waals surface area contributed by atoms with Crippen LogP contribution in [0.4, 0.5) is 0 Å². The molecule has 1 saturated carbocycles. The summed E-state index contributed by atoms with van der Waals surface area (Å²) in [5.74, 6) is 0.407. The van der Waals surface area contributed by atoms with Gasteiger partial charge in [0.2, 0.25) is 5.91 Å². The van der Waals surface area contributed by atoms with Crippen molar-refractivity contribution in [1.82, 2.24) is 10.2 Å². The standard InChI is InChI=1S/C18H35N3O3/c1-6-24-15-11-18(19,17(15,4)5)16(22)20-12-14(13(2)3)21-7-9-23-10-8-21/h13-15H,6-12,19H2,1-5H3,(H,20,22). The van der Waals surface area contributed by atoms with Crippen LogP contribution in [0.1, 0.15) is 41.0 Å². The molecule has 0 radical (unpaired) electrons. The predicted molar refractivity (Wildman–Crippen MR) is 94.8 cm³/mol. The molecule has 1 heterocycles. The molecule has 0 aromatic rings. The van der Waals surface area contributed by atoms with Crippen LogP contribution in [0.2, 0.25) is 0 Å². The number of hydrogen-bond acceptors (Lipinski definition) is 5. The second-order valence-electron chi connectivity index (χ2n) is 8.01. The van der Waals surface area contributed by atoms with Gasteiger partial charge in [-0.15, -0.1) is 0 Å². The average molecular weight is 341 g/mol. The minimum Gasteiger partial charge on any atom is -0.379 e. The number of morpholine rings is 1. The van der Waals surface area contributed by atoms with Gasteiger partial charge in [0.25, 0.3) is 0 Å². The van der Waals surface area contributed by atoms with E-state index in [0.717, 1.165) is 26.3 Å². The SMILES string of the molecule is CCOC1CC(N)(C(=O)NCC(C(C)C)N2CCOCC2)C1(C)C. The lowest BCUT2D eigenvalue weighted by molar-refractivity contribution is -0.170. The third-order valence-electron chi connectivity index (χ3n) is 5.99. The number of carbonyl (C=O) groups excluding carboxylic acids is 1. The van der Waals surface area contributed by atoms with Crippen LogP contribution in [0.3, 0.4) is 0 Å². The van der Waals surface area contributed by atoms with E-state index in [2.05, 4.69) is 24.1 Å². The number of hydrogen-bond donors (Lipinski definition) is 2. The van der Waals surface area contributed by atoms with Gasteiger partial charge in [0.15, 0.2) is 0 Å². The van der Waals surface area contributed by atoms with Crippen molar-refractivity contribution >= 4 is 5.91 Å². The smallest absolute Gasteiger partial charge is 0.240 e. The molecule has 0 aromatic carbocycles. The quantitative estimate of drug-likeness (QED) is 0.722. The van der Waals surface area contributed by atoms with Crippen molar-refractivity contribution in [3.8, 4) is 0 Å². The van der Waals surface area contributed by atoms with Crippen molar-refractivity contribution < 1.29 is 14.3 Å². The third kappa shape index (κ3) is 3.62. The number of nitrogens with one attached hydrogen (secondary N) is 1. The maximum absolute atomic E-state index is 12.8. The first kappa shape index (κ1) is 19.6. The fraction of sp³-hybridized carbons (Fsp3) is 0.944. The van der Waals surface area contributed by atoms with Crippen LogP contribution in [0.15, 0.2) is 0 Å². The molecule has 0 aromatic heterocycles. The molecule has 6 nitrogen and oxygen atoms in total. The van der Waals surface area contributed by atoms with E-state index in [9.17, 15) is 4.79 Å². The van der Waals surface area contributed by atoms with Gasteiger partial charge >= 0.3 is 0 Å². The summed E-state index contributed by atoms with van der Waals surface area (Å²) < 4.78 is 11.2. The molecule has 1 amide bonds. The zero-order chi connectivity index (χ0) is 18.0. The first-order valence-corrected chi connectivity index (χ1v) is 9.24. The van der Waals surface area contributed by atoms with Gasteiger partial charge < -0.3 is 20.5 Å². The monoisotopic (exact) mass is 341 g/mol. The molecule has 24 heavy (non-hydrogen) atoms. The maximum atomic E-state index is 12.8. The lowest BCUT2D eigenvalue weighted by atomic mass is 9.54. The summed E-state index contributed by atoms with van der Waals surface area (Å²) in [7, 11) is 0. The Bertz CT molecular complexity index is 435. The fourth-order valence-corrected chi connectivity index (χ4v) is 3.87. The largest absolute Gasteiger partial charge is 0.379 e. The molecule has 2 rings (SSSR count). The topological polar surface area (TPSA) is 76.8 Å². The van der Waals surface area contributed by atoms with E-state index in [1.54, 1.807) is 0 Å². The molecule has 1 aliphatic heterocycles. The van der Waals surface area contributed by atoms with Crippen LogP contribution in [0, 0.1) is 11.3 Å². The number of amides is 1. The highest BCUT2D eigenvalue weighted by atomic mass is 16.5. The molecule has 3 N–H and O–H groups in total. The Morgan fingerprint density at radius 1 is 1.38 bits per heavy atom. The molecule has 6 heteroatoms. The minimum atomic E-state index is -0.848. The number of carbonyl (C=O) groups is 1. The summed E-state index contributed by atoms with van der Waals surface area (Å²) in [6.07, 6.45) is 0.641. The van der Waals surface area contributed by atoms with Crippen molar-refractivity contribution in [1.29, 1.82) is 0 Å². The Balaban J connectivity index is 1.93. The molecule has 140 valence electrons. The minimum absolute atomic E-state index is 0.0534. The van der Waals surface area contributed by atoms with Crippen LogP contribution < -0.4 is 11.1 Å². The number of nitrogens with zero attached hydrogens (tertiary/aromatic N) is 1. The summed E-state index contributed by atoms with van der Waals surface area (Å²) in [5.41, 5.74) is 5.26. The van der Waals surface area contributed by atoms with Crippen molar-refractivity contribution in [3.63, 3.8) is 0 Å². The van der Waals surface area contributed by atoms with Gasteiger partial charge in [0, 0.05) is 44.1 Å². The lowest BCUT2D eigenvalue weighted by Gasteiger charge is -2.57. The van der Waals surface area contributed by atoms with Gasteiger partial charge in [0.1, 0.15) is 5.54 Å². The molecular formula is C18H35N3O3. The maximum Gasteiger partial charge on any atom is 0.240 e. The van der Waals surface area contributed by atoms with E-state index in [0.29, 0.717) is 31.5 Å². The summed E-state index contributed by atoms with van der Waals surface area (Å²) in [6, 6.07) is 0.312. The van der Waals surface area contributed by atoms with Gasteiger partial charge in [-0.3, -0.25) is 9.69 Å². The van der Waals surface area contributed by atoms with Crippen LogP contribution in [-0.2, 0) is 14.3 Å². The van der Waals surface area contributed by atoms with E-state index in [1.807, 2.05) is 20.8 Å². The van der Waals surface area contributed by atoms with Crippen molar-refractivity contribution in [2.24, 2.45) is 17.1 Å². The second-order valence-corrected chi connectivity index (χ2v) is 8.01. The molecule has 1 saturated heterocycles. The summed E-state index contributed by atoms with van der Waals surface area (Å²) in [6.45, 7) is 15.1. The Hall–Kier alpha value is -0.690. The molecule has 0 spiro atoms. The molecule has 3 unspecified atom stereocenters. The zero-order valence-corrected chi connectivity index (χ0v) is 15.9. The third-order valence-corrected chi connectivity index (χ3v) is 5.99. The van der Waals surface area contributed by atoms with E-state index in [4.69, 9.17) is 15.2 Å². The Morgan fingerprint density at radius 2 is 2.00 bits per heavy atom. The second kappa shape index (κ2) is 7.68. The van der Waals surface area contributed by atoms with Crippen molar-refractivity contribution in [2.75, 3.05) is 39.5 Å². The normalized spacial score (nSPS) is 31.5. The molecule has 3 atom stereocenters. The van der Waals surface area contributed by atoms with Gasteiger partial charge in [-0.1, -0.05) is 27.7 Å². The highest BCUT2D eigenvalue weighted by Gasteiger charge is 2.62. The summed E-state index contributed by atoms with van der Waals surface area (Å²) >= 11 is 0. The molecule has 0 bridgehead atoms. The predicted octanol–water partition coefficient (Wildman–Crippen LogP) is 0.992. The summed E-state index contributed by atoms with van der Waals surface area (Å²) in [4.78, 5) is 15.2. The van der Waals surface area contributed by atoms with Crippen LogP contribution >= 0.6 is 0 Å². The highest BCUT2D eigenvalue weighted by molar-refractivity contribution is 5.88. The van der Waals surface area contributed by atoms with Gasteiger partial charge in [0.05, 0.1) is 19.3 Å². The van der Waals surface area contributed by atoms with Crippen molar-refractivity contribution in [3.05, 3.63) is 0 Å². The lowest BCUT2D eigenvalue weighted by Crippen LogP contribution is -2.76. The van der Waals surface area contributed by atoms with E-state index >= 15 is 0 Å². The van der Waals surface area contributed by atoms with E-state index in [-0.39, 0.29) is 17.4 Å². The molecule has 2 fully saturated rings. The summed E-state index contributed by atoms with van der Waals surface area (Å²) in [5, 5.41) is 3.12. The fourth-order valence-electron chi connectivity index (χ4n) is 3.87. The van der Waals surface area contributed by atoms with Gasteiger partial charge in [-0.05, 0) is 12.8 Å². The Kier molecular flexibility index (Phi) is 6.29. The number of ether oxygens (including phenoxy) is 2. The van der Waals surface area contributed by atoms with E-state index < -0.39 is 5.54 Å². The van der Waals surface area contributed by atoms with Crippen LogP contribution in [0.5, 0.6) is 0 Å². The highest BCUT2D eigenvalue weighted by Crippen LogP contribution is 2.49. The number of nitrogens with two attached hydrogens (primary N) is 1. The Morgan fingerprint density at radius 3 is 2.50 bits per heavy atom. The van der Waals surface area contributed by atoms with Crippen molar-refractivity contribution in [2.45, 2.75) is 58.7 Å². The first-order chi connectivity index (χ1) is 11.2. The van der Waals surface area contributed by atoms with Crippen LogP contribution in [0.25, 0.3) is 0 Å². The van der Waals surface area contributed by atoms with Gasteiger partial charge in [-0.25, -0.2) is 0 Å². The van der Waals surface area contributed by atoms with E-state index in [1.165, 1.54) is 0 Å². The first-order valence-electron chi connectivity index (χ1n) is 9.24. The zero-order valence-electron chi connectivity index (χ0n) is 15.9. The van der Waals surface area contributed by atoms with Gasteiger partial charge in [-0.2, -0.15) is 0 Å².